The molecule has 3 nitrogen and oxygen atoms in total. The second-order valence-corrected chi connectivity index (χ2v) is 4.48. The molecule has 0 fully saturated rings. The van der Waals surface area contributed by atoms with Crippen LogP contribution in [0.5, 0.6) is 11.5 Å². The van der Waals surface area contributed by atoms with E-state index in [9.17, 15) is 5.11 Å². The quantitative estimate of drug-likeness (QED) is 0.536. The van der Waals surface area contributed by atoms with Crippen molar-refractivity contribution in [2.45, 2.75) is 33.1 Å². The summed E-state index contributed by atoms with van der Waals surface area (Å²) < 4.78 is 0. The highest BCUT2D eigenvalue weighted by Gasteiger charge is 2.21. The summed E-state index contributed by atoms with van der Waals surface area (Å²) in [6, 6.07) is 3.17. The molecule has 0 heterocycles. The second kappa shape index (κ2) is 3.50. The first-order valence-electron chi connectivity index (χ1n) is 4.52. The number of hydrogen-bond donors (Lipinski definition) is 2. The zero-order valence-corrected chi connectivity index (χ0v) is 8.96. The molecule has 0 amide bonds. The molecule has 0 aromatic heterocycles. The topological polar surface area (TPSA) is 49.7 Å². The minimum atomic E-state index is -0.179. The first-order valence-corrected chi connectivity index (χ1v) is 4.52. The molecule has 0 spiro atoms. The van der Waals surface area contributed by atoms with Crippen molar-refractivity contribution in [2.24, 2.45) is 0 Å². The van der Waals surface area contributed by atoms with Crippen molar-refractivity contribution in [2.75, 3.05) is 0 Å². The molecule has 78 valence electrons. The zero-order valence-electron chi connectivity index (χ0n) is 8.96. The summed E-state index contributed by atoms with van der Waals surface area (Å²) in [6.07, 6.45) is 0. The molecule has 1 rings (SSSR count). The van der Waals surface area contributed by atoms with E-state index in [1.165, 1.54) is 0 Å². The van der Waals surface area contributed by atoms with Crippen molar-refractivity contribution >= 4 is 0 Å². The first-order chi connectivity index (χ1) is 6.36. The number of aryl methyl sites for hydroxylation is 1. The van der Waals surface area contributed by atoms with Crippen LogP contribution in [0.15, 0.2) is 12.1 Å². The van der Waals surface area contributed by atoms with E-state index in [4.69, 9.17) is 5.26 Å². The molecule has 14 heavy (non-hydrogen) atoms. The lowest BCUT2D eigenvalue weighted by Crippen LogP contribution is -2.13. The monoisotopic (exact) mass is 196 g/mol. The van der Waals surface area contributed by atoms with Gasteiger partial charge in [-0.3, -0.25) is 0 Å². The first kappa shape index (κ1) is 10.9. The molecule has 0 aliphatic heterocycles. The van der Waals surface area contributed by atoms with Crippen LogP contribution >= 0.6 is 0 Å². The Hall–Kier alpha value is -1.22. The fourth-order valence-electron chi connectivity index (χ4n) is 1.43. The highest BCUT2D eigenvalue weighted by Crippen LogP contribution is 2.36. The number of hydrogen-bond acceptors (Lipinski definition) is 3. The van der Waals surface area contributed by atoms with Crippen LogP contribution in [0, 0.1) is 6.92 Å². The van der Waals surface area contributed by atoms with Gasteiger partial charge in [0.1, 0.15) is 5.75 Å². The van der Waals surface area contributed by atoms with Gasteiger partial charge in [0.15, 0.2) is 5.75 Å². The third-order valence-electron chi connectivity index (χ3n) is 2.16. The summed E-state index contributed by atoms with van der Waals surface area (Å²) in [5, 5.41) is 18.2. The smallest absolute Gasteiger partial charge is 0.171 e. The molecule has 3 heteroatoms. The van der Waals surface area contributed by atoms with Crippen LogP contribution in [-0.2, 0) is 5.41 Å². The van der Waals surface area contributed by atoms with Crippen molar-refractivity contribution in [3.8, 4) is 11.5 Å². The molecule has 0 radical (unpaired) electrons. The maximum absolute atomic E-state index is 9.44. The second-order valence-electron chi connectivity index (χ2n) is 4.48. The Morgan fingerprint density at radius 1 is 1.21 bits per heavy atom. The molecule has 0 aliphatic rings. The van der Waals surface area contributed by atoms with Crippen LogP contribution in [0.3, 0.4) is 0 Å². The van der Waals surface area contributed by atoms with Crippen LogP contribution in [0.1, 0.15) is 31.9 Å². The lowest BCUT2D eigenvalue weighted by molar-refractivity contribution is -0.139. The number of aromatic hydroxyl groups is 1. The van der Waals surface area contributed by atoms with Crippen LogP contribution in [0.25, 0.3) is 0 Å². The van der Waals surface area contributed by atoms with Gasteiger partial charge in [0, 0.05) is 5.56 Å². The van der Waals surface area contributed by atoms with Gasteiger partial charge in [0.2, 0.25) is 0 Å². The molecule has 0 bridgehead atoms. The van der Waals surface area contributed by atoms with E-state index in [0.717, 1.165) is 11.1 Å². The van der Waals surface area contributed by atoms with E-state index in [0.29, 0.717) is 5.75 Å². The third-order valence-corrected chi connectivity index (χ3v) is 2.16. The largest absolute Gasteiger partial charge is 0.508 e. The zero-order chi connectivity index (χ0) is 10.9. The molecule has 0 unspecified atom stereocenters. The van der Waals surface area contributed by atoms with Crippen LogP contribution in [0.2, 0.25) is 0 Å². The SMILES string of the molecule is Cc1cc(O)cc(C(C)(C)C)c1OO. The Labute approximate surface area is 83.9 Å². The maximum atomic E-state index is 9.44. The van der Waals surface area contributed by atoms with Crippen LogP contribution < -0.4 is 4.89 Å². The average molecular weight is 196 g/mol. The number of phenols is 1. The van der Waals surface area contributed by atoms with Gasteiger partial charge in [-0.15, -0.1) is 0 Å². The predicted molar refractivity (Wildman–Crippen MR) is 54.8 cm³/mol. The fourth-order valence-corrected chi connectivity index (χ4v) is 1.43. The summed E-state index contributed by atoms with van der Waals surface area (Å²) in [5.41, 5.74) is 1.33. The molecule has 1 aromatic rings. The van der Waals surface area contributed by atoms with E-state index in [-0.39, 0.29) is 11.2 Å². The normalized spacial score (nSPS) is 11.5. The minimum Gasteiger partial charge on any atom is -0.508 e. The fraction of sp³-hybridized carbons (Fsp3) is 0.455. The molecule has 0 aliphatic carbocycles. The van der Waals surface area contributed by atoms with Gasteiger partial charge < -0.3 is 9.99 Å². The maximum Gasteiger partial charge on any atom is 0.171 e. The summed E-state index contributed by atoms with van der Waals surface area (Å²) in [4.78, 5) is 4.35. The van der Waals surface area contributed by atoms with E-state index in [1.54, 1.807) is 19.1 Å². The summed E-state index contributed by atoms with van der Waals surface area (Å²) >= 11 is 0. The highest BCUT2D eigenvalue weighted by molar-refractivity contribution is 5.48. The molecular formula is C11H16O3. The summed E-state index contributed by atoms with van der Waals surface area (Å²) in [7, 11) is 0. The molecule has 0 saturated carbocycles. The highest BCUT2D eigenvalue weighted by atomic mass is 17.1. The molecule has 1 aromatic carbocycles. The lowest BCUT2D eigenvalue weighted by Gasteiger charge is -2.22. The van der Waals surface area contributed by atoms with Crippen LogP contribution in [-0.4, -0.2) is 10.4 Å². The van der Waals surface area contributed by atoms with Gasteiger partial charge >= 0.3 is 0 Å². The molecule has 0 atom stereocenters. The number of rotatable bonds is 1. The lowest BCUT2D eigenvalue weighted by atomic mass is 9.85. The standard InChI is InChI=1S/C11H16O3/c1-7-5-8(12)6-9(10(7)14-13)11(2,3)4/h5-6,12-13H,1-4H3. The van der Waals surface area contributed by atoms with Gasteiger partial charge in [0.25, 0.3) is 0 Å². The Bertz CT molecular complexity index is 337. The Morgan fingerprint density at radius 2 is 1.79 bits per heavy atom. The number of benzene rings is 1. The van der Waals surface area contributed by atoms with Crippen molar-refractivity contribution < 1.29 is 15.3 Å². The molecule has 0 saturated heterocycles. The van der Waals surface area contributed by atoms with E-state index < -0.39 is 0 Å². The predicted octanol–water partition coefficient (Wildman–Crippen LogP) is 2.85. The van der Waals surface area contributed by atoms with Crippen molar-refractivity contribution in [1.29, 1.82) is 0 Å². The van der Waals surface area contributed by atoms with Gasteiger partial charge in [-0.2, -0.15) is 0 Å². The van der Waals surface area contributed by atoms with Gasteiger partial charge in [-0.25, -0.2) is 5.26 Å². The van der Waals surface area contributed by atoms with Crippen LogP contribution in [0.4, 0.5) is 0 Å². The summed E-state index contributed by atoms with van der Waals surface area (Å²) in [5.74, 6) is 0.614. The van der Waals surface area contributed by atoms with E-state index in [1.807, 2.05) is 20.8 Å². The third kappa shape index (κ3) is 1.99. The number of phenolic OH excluding ortho intramolecular Hbond substituents is 1. The van der Waals surface area contributed by atoms with Crippen molar-refractivity contribution in [1.82, 2.24) is 0 Å². The summed E-state index contributed by atoms with van der Waals surface area (Å²) in [6.45, 7) is 7.75. The van der Waals surface area contributed by atoms with E-state index in [2.05, 4.69) is 4.89 Å². The van der Waals surface area contributed by atoms with Gasteiger partial charge in [0.05, 0.1) is 0 Å². The Morgan fingerprint density at radius 3 is 2.21 bits per heavy atom. The Balaban J connectivity index is 3.40. The van der Waals surface area contributed by atoms with Crippen molar-refractivity contribution in [3.05, 3.63) is 23.3 Å². The minimum absolute atomic E-state index is 0.179. The van der Waals surface area contributed by atoms with Gasteiger partial charge in [-0.05, 0) is 30.0 Å². The molecule has 2 N–H and O–H groups in total. The van der Waals surface area contributed by atoms with Crippen molar-refractivity contribution in [3.63, 3.8) is 0 Å². The average Bonchev–Trinajstić information content (AvgIpc) is 2.01. The molecular weight excluding hydrogens is 180 g/mol. The van der Waals surface area contributed by atoms with Gasteiger partial charge in [-0.1, -0.05) is 20.8 Å². The Kier molecular flexibility index (Phi) is 2.71. The van der Waals surface area contributed by atoms with E-state index >= 15 is 0 Å².